The smallest absolute Gasteiger partial charge is 0.261 e. The van der Waals surface area contributed by atoms with Crippen LogP contribution in [0.5, 0.6) is 5.75 Å². The summed E-state index contributed by atoms with van der Waals surface area (Å²) in [7, 11) is -6.28. The largest absolute Gasteiger partial charge is 0.496 e. The molecule has 4 rings (SSSR count). The molecule has 1 amide bonds. The Labute approximate surface area is 216 Å². The second-order valence-corrected chi connectivity index (χ2v) is 11.9. The first-order valence-corrected chi connectivity index (χ1v) is 14.3. The number of morpholine rings is 1. The molecule has 37 heavy (non-hydrogen) atoms. The zero-order valence-electron chi connectivity index (χ0n) is 20.3. The van der Waals surface area contributed by atoms with Gasteiger partial charge in [0.2, 0.25) is 10.0 Å². The average Bonchev–Trinajstić information content (AvgIpc) is 2.90. The van der Waals surface area contributed by atoms with E-state index < -0.39 is 26.0 Å². The van der Waals surface area contributed by atoms with Crippen molar-refractivity contribution in [2.75, 3.05) is 43.5 Å². The third-order valence-electron chi connectivity index (χ3n) is 5.84. The van der Waals surface area contributed by atoms with Crippen molar-refractivity contribution in [1.82, 2.24) is 4.31 Å². The number of benzene rings is 3. The van der Waals surface area contributed by atoms with Crippen molar-refractivity contribution in [1.29, 1.82) is 0 Å². The molecule has 1 aliphatic heterocycles. The topological polar surface area (TPSA) is 131 Å². The van der Waals surface area contributed by atoms with Crippen molar-refractivity contribution in [3.63, 3.8) is 0 Å². The average molecular weight is 546 g/mol. The molecule has 0 bridgehead atoms. The molecule has 1 fully saturated rings. The van der Waals surface area contributed by atoms with Crippen LogP contribution < -0.4 is 14.8 Å². The van der Waals surface area contributed by atoms with E-state index in [9.17, 15) is 21.6 Å². The van der Waals surface area contributed by atoms with Gasteiger partial charge in [0.15, 0.2) is 0 Å². The number of nitrogens with one attached hydrogen (secondary N) is 2. The fraction of sp³-hybridized carbons (Fsp3) is 0.240. The number of hydrogen-bond donors (Lipinski definition) is 2. The van der Waals surface area contributed by atoms with E-state index >= 15 is 0 Å². The van der Waals surface area contributed by atoms with Gasteiger partial charge in [0.05, 0.1) is 41.4 Å². The summed E-state index contributed by atoms with van der Waals surface area (Å²) >= 11 is 0. The lowest BCUT2D eigenvalue weighted by atomic mass is 10.2. The van der Waals surface area contributed by atoms with Gasteiger partial charge in [-0.05, 0) is 61.0 Å². The maximum absolute atomic E-state index is 13.1. The van der Waals surface area contributed by atoms with Crippen molar-refractivity contribution >= 4 is 37.3 Å². The van der Waals surface area contributed by atoms with Crippen LogP contribution in [0.25, 0.3) is 0 Å². The zero-order chi connectivity index (χ0) is 26.6. The molecule has 0 radical (unpaired) electrons. The van der Waals surface area contributed by atoms with E-state index in [0.717, 1.165) is 5.56 Å². The molecule has 1 saturated heterocycles. The van der Waals surface area contributed by atoms with Crippen molar-refractivity contribution in [3.05, 3.63) is 77.9 Å². The van der Waals surface area contributed by atoms with Gasteiger partial charge in [-0.25, -0.2) is 16.8 Å². The Morgan fingerprint density at radius 3 is 2.22 bits per heavy atom. The minimum Gasteiger partial charge on any atom is -0.496 e. The zero-order valence-corrected chi connectivity index (χ0v) is 21.9. The molecule has 0 unspecified atom stereocenters. The molecule has 3 aromatic rings. The van der Waals surface area contributed by atoms with Gasteiger partial charge >= 0.3 is 0 Å². The summed E-state index contributed by atoms with van der Waals surface area (Å²) in [6.45, 7) is 2.85. The Kier molecular flexibility index (Phi) is 7.83. The molecule has 2 N–H and O–H groups in total. The van der Waals surface area contributed by atoms with E-state index in [2.05, 4.69) is 10.0 Å². The number of hydrogen-bond acceptors (Lipinski definition) is 7. The van der Waals surface area contributed by atoms with Gasteiger partial charge < -0.3 is 14.8 Å². The Balaban J connectivity index is 1.53. The number of aryl methyl sites for hydroxylation is 1. The quantitative estimate of drug-likeness (QED) is 0.445. The highest BCUT2D eigenvalue weighted by Gasteiger charge is 2.28. The van der Waals surface area contributed by atoms with Crippen LogP contribution in [0.2, 0.25) is 0 Å². The summed E-state index contributed by atoms with van der Waals surface area (Å²) in [6.07, 6.45) is 0. The van der Waals surface area contributed by atoms with Crippen molar-refractivity contribution in [2.45, 2.75) is 16.7 Å². The standard InChI is InChI=1S/C25H27N3O7S2/c1-18-5-3-4-6-23(18)27-36(30,31)20-9-7-19(8-10-20)26-25(29)22-17-21(11-12-24(22)34-2)37(32,33)28-13-15-35-16-14-28/h3-12,17,27H,13-16H2,1-2H3,(H,26,29). The number of rotatable bonds is 8. The van der Waals surface area contributed by atoms with E-state index in [-0.39, 0.29) is 34.2 Å². The van der Waals surface area contributed by atoms with E-state index in [0.29, 0.717) is 24.6 Å². The highest BCUT2D eigenvalue weighted by Crippen LogP contribution is 2.27. The molecule has 12 heteroatoms. The van der Waals surface area contributed by atoms with Gasteiger partial charge in [0.1, 0.15) is 5.75 Å². The summed E-state index contributed by atoms with van der Waals surface area (Å²) in [5.41, 5.74) is 1.60. The summed E-state index contributed by atoms with van der Waals surface area (Å²) < 4.78 is 66.0. The molecule has 0 spiro atoms. The summed E-state index contributed by atoms with van der Waals surface area (Å²) in [6, 6.07) is 16.7. The highest BCUT2D eigenvalue weighted by molar-refractivity contribution is 7.92. The van der Waals surface area contributed by atoms with Crippen molar-refractivity contribution in [3.8, 4) is 5.75 Å². The predicted molar refractivity (Wildman–Crippen MR) is 139 cm³/mol. The number of nitrogens with zero attached hydrogens (tertiary/aromatic N) is 1. The third-order valence-corrected chi connectivity index (χ3v) is 9.11. The Morgan fingerprint density at radius 2 is 1.57 bits per heavy atom. The minimum atomic E-state index is -3.84. The summed E-state index contributed by atoms with van der Waals surface area (Å²) in [4.78, 5) is 13.0. The molecule has 0 aliphatic carbocycles. The maximum atomic E-state index is 13.1. The minimum absolute atomic E-state index is 0.0185. The van der Waals surface area contributed by atoms with E-state index in [1.807, 2.05) is 6.07 Å². The van der Waals surface area contributed by atoms with Crippen LogP contribution >= 0.6 is 0 Å². The van der Waals surface area contributed by atoms with Crippen LogP contribution in [-0.4, -0.2) is 60.5 Å². The number of ether oxygens (including phenoxy) is 2. The SMILES string of the molecule is COc1ccc(S(=O)(=O)N2CCOCC2)cc1C(=O)Nc1ccc(S(=O)(=O)Nc2ccccc2C)cc1. The van der Waals surface area contributed by atoms with Crippen LogP contribution in [0.3, 0.4) is 0 Å². The molecule has 1 heterocycles. The lowest BCUT2D eigenvalue weighted by molar-refractivity contribution is 0.0730. The van der Waals surface area contributed by atoms with Crippen LogP contribution in [-0.2, 0) is 24.8 Å². The van der Waals surface area contributed by atoms with E-state index in [1.165, 1.54) is 53.9 Å². The van der Waals surface area contributed by atoms with E-state index in [4.69, 9.17) is 9.47 Å². The number of methoxy groups -OCH3 is 1. The van der Waals surface area contributed by atoms with E-state index in [1.54, 1.807) is 25.1 Å². The second kappa shape index (κ2) is 10.9. The van der Waals surface area contributed by atoms with Gasteiger partial charge in [-0.15, -0.1) is 0 Å². The van der Waals surface area contributed by atoms with Crippen molar-refractivity contribution in [2.24, 2.45) is 0 Å². The van der Waals surface area contributed by atoms with Crippen LogP contribution in [0.4, 0.5) is 11.4 Å². The fourth-order valence-electron chi connectivity index (χ4n) is 3.77. The molecule has 1 aliphatic rings. The molecular weight excluding hydrogens is 518 g/mol. The van der Waals surface area contributed by atoms with Gasteiger partial charge in [0.25, 0.3) is 15.9 Å². The molecule has 0 atom stereocenters. The van der Waals surface area contributed by atoms with Crippen molar-refractivity contribution < 1.29 is 31.1 Å². The normalized spacial score (nSPS) is 14.6. The number of amides is 1. The Bertz CT molecular complexity index is 1500. The number of carbonyl (C=O) groups is 1. The maximum Gasteiger partial charge on any atom is 0.261 e. The third kappa shape index (κ3) is 5.93. The lowest BCUT2D eigenvalue weighted by Gasteiger charge is -2.26. The van der Waals surface area contributed by atoms with Crippen LogP contribution in [0.15, 0.2) is 76.5 Å². The monoisotopic (exact) mass is 545 g/mol. The van der Waals surface area contributed by atoms with Gasteiger partial charge in [-0.2, -0.15) is 4.31 Å². The molecule has 3 aromatic carbocycles. The van der Waals surface area contributed by atoms with Crippen LogP contribution in [0, 0.1) is 6.92 Å². The summed E-state index contributed by atoms with van der Waals surface area (Å²) in [5, 5.41) is 2.67. The number of sulfonamides is 2. The first kappa shape index (κ1) is 26.6. The van der Waals surface area contributed by atoms with Crippen LogP contribution in [0.1, 0.15) is 15.9 Å². The highest BCUT2D eigenvalue weighted by atomic mass is 32.2. The Hall–Kier alpha value is -3.45. The molecular formula is C25H27N3O7S2. The van der Waals surface area contributed by atoms with Gasteiger partial charge in [-0.1, -0.05) is 18.2 Å². The number of para-hydroxylation sites is 1. The molecule has 10 nitrogen and oxygen atoms in total. The Morgan fingerprint density at radius 1 is 0.919 bits per heavy atom. The molecule has 196 valence electrons. The predicted octanol–water partition coefficient (Wildman–Crippen LogP) is 3.08. The van der Waals surface area contributed by atoms with Gasteiger partial charge in [-0.3, -0.25) is 9.52 Å². The second-order valence-electron chi connectivity index (χ2n) is 8.28. The summed E-state index contributed by atoms with van der Waals surface area (Å²) in [5.74, 6) is -0.412. The lowest BCUT2D eigenvalue weighted by Crippen LogP contribution is -2.40. The number of carbonyl (C=O) groups excluding carboxylic acids is 1. The molecule has 0 saturated carbocycles. The van der Waals surface area contributed by atoms with Gasteiger partial charge in [0, 0.05) is 18.8 Å². The molecule has 0 aromatic heterocycles. The fourth-order valence-corrected chi connectivity index (χ4v) is 6.33. The number of anilines is 2. The first-order chi connectivity index (χ1) is 17.6. The first-order valence-electron chi connectivity index (χ1n) is 11.4.